The quantitative estimate of drug-likeness (QED) is 0.866. The maximum Gasteiger partial charge on any atom is 0.407 e. The molecule has 1 fully saturated rings. The summed E-state index contributed by atoms with van der Waals surface area (Å²) in [6, 6.07) is 7.62. The van der Waals surface area contributed by atoms with Gasteiger partial charge in [-0.15, -0.1) is 0 Å². The van der Waals surface area contributed by atoms with Crippen molar-refractivity contribution in [3.05, 3.63) is 34.9 Å². The van der Waals surface area contributed by atoms with Gasteiger partial charge in [-0.05, 0) is 24.6 Å². The van der Waals surface area contributed by atoms with Crippen LogP contribution in [-0.2, 0) is 0 Å². The fourth-order valence-electron chi connectivity index (χ4n) is 2.56. The number of halogens is 1. The zero-order valence-electron chi connectivity index (χ0n) is 10.5. The molecule has 5 heteroatoms. The van der Waals surface area contributed by atoms with E-state index in [0.717, 1.165) is 12.1 Å². The van der Waals surface area contributed by atoms with Gasteiger partial charge in [0.1, 0.15) is 0 Å². The van der Waals surface area contributed by atoms with Crippen molar-refractivity contribution in [3.8, 4) is 0 Å². The highest BCUT2D eigenvalue weighted by Crippen LogP contribution is 2.36. The Morgan fingerprint density at radius 3 is 2.67 bits per heavy atom. The zero-order valence-corrected chi connectivity index (χ0v) is 11.2. The molecule has 1 aromatic rings. The van der Waals surface area contributed by atoms with Gasteiger partial charge in [-0.25, -0.2) is 4.79 Å². The van der Waals surface area contributed by atoms with Gasteiger partial charge in [0.15, 0.2) is 0 Å². The minimum Gasteiger partial charge on any atom is -0.465 e. The van der Waals surface area contributed by atoms with Crippen molar-refractivity contribution < 1.29 is 9.90 Å². The first kappa shape index (κ1) is 13.2. The summed E-state index contributed by atoms with van der Waals surface area (Å²) in [5, 5.41) is 13.2. The van der Waals surface area contributed by atoms with E-state index in [0.29, 0.717) is 11.6 Å². The van der Waals surface area contributed by atoms with E-state index < -0.39 is 11.6 Å². The molecule has 0 saturated carbocycles. The number of carboxylic acid groups (broad SMARTS) is 1. The van der Waals surface area contributed by atoms with E-state index in [-0.39, 0.29) is 5.92 Å². The molecule has 1 amide bonds. The number of likely N-dealkylation sites (N-methyl/N-ethyl adjacent to an activating group) is 1. The predicted octanol–water partition coefficient (Wildman–Crippen LogP) is 2.40. The molecule has 0 unspecified atom stereocenters. The Morgan fingerprint density at radius 2 is 2.11 bits per heavy atom. The Balaban J connectivity index is 2.32. The standard InChI is InChI=1S/C13H17ClN2O2/c1-13(16(2)12(17)18)8-15-7-11(13)9-3-5-10(14)6-4-9/h3-6,11,15H,7-8H2,1-2H3,(H,17,18)/t11-,13+/m1/s1. The maximum atomic E-state index is 11.2. The molecule has 1 saturated heterocycles. The first-order valence-electron chi connectivity index (χ1n) is 5.88. The Kier molecular flexibility index (Phi) is 3.50. The van der Waals surface area contributed by atoms with E-state index in [1.807, 2.05) is 31.2 Å². The van der Waals surface area contributed by atoms with Gasteiger partial charge in [-0.3, -0.25) is 0 Å². The summed E-state index contributed by atoms with van der Waals surface area (Å²) in [5.74, 6) is 0.135. The second-order valence-corrected chi connectivity index (χ2v) is 5.37. The smallest absolute Gasteiger partial charge is 0.407 e. The van der Waals surface area contributed by atoms with Crippen molar-refractivity contribution in [2.75, 3.05) is 20.1 Å². The van der Waals surface area contributed by atoms with E-state index >= 15 is 0 Å². The molecule has 0 radical (unpaired) electrons. The SMILES string of the molecule is CN(C(=O)O)[C@@]1(C)CNC[C@@H]1c1ccc(Cl)cc1. The van der Waals surface area contributed by atoms with Crippen LogP contribution >= 0.6 is 11.6 Å². The first-order chi connectivity index (χ1) is 8.45. The molecule has 0 spiro atoms. The van der Waals surface area contributed by atoms with E-state index in [9.17, 15) is 9.90 Å². The summed E-state index contributed by atoms with van der Waals surface area (Å²) in [7, 11) is 1.62. The Hall–Kier alpha value is -1.26. The van der Waals surface area contributed by atoms with Gasteiger partial charge >= 0.3 is 6.09 Å². The van der Waals surface area contributed by atoms with E-state index in [1.165, 1.54) is 4.90 Å². The van der Waals surface area contributed by atoms with Crippen LogP contribution in [0, 0.1) is 0 Å². The first-order valence-corrected chi connectivity index (χ1v) is 6.26. The minimum absolute atomic E-state index is 0.135. The van der Waals surface area contributed by atoms with Crippen LogP contribution in [0.15, 0.2) is 24.3 Å². The number of benzene rings is 1. The Bertz CT molecular complexity index is 449. The molecule has 4 nitrogen and oxygen atoms in total. The van der Waals surface area contributed by atoms with Crippen molar-refractivity contribution in [2.45, 2.75) is 18.4 Å². The molecule has 1 heterocycles. The topological polar surface area (TPSA) is 52.6 Å². The molecule has 0 bridgehead atoms. The van der Waals surface area contributed by atoms with Gasteiger partial charge < -0.3 is 15.3 Å². The highest BCUT2D eigenvalue weighted by Gasteiger charge is 2.44. The highest BCUT2D eigenvalue weighted by molar-refractivity contribution is 6.30. The van der Waals surface area contributed by atoms with Crippen LogP contribution < -0.4 is 5.32 Å². The van der Waals surface area contributed by atoms with Crippen molar-refractivity contribution in [1.82, 2.24) is 10.2 Å². The monoisotopic (exact) mass is 268 g/mol. The van der Waals surface area contributed by atoms with Crippen molar-refractivity contribution >= 4 is 17.7 Å². The van der Waals surface area contributed by atoms with Crippen LogP contribution in [0.2, 0.25) is 5.02 Å². The lowest BCUT2D eigenvalue weighted by atomic mass is 9.82. The summed E-state index contributed by atoms with van der Waals surface area (Å²) < 4.78 is 0. The number of hydrogen-bond acceptors (Lipinski definition) is 2. The van der Waals surface area contributed by atoms with Crippen LogP contribution in [0.1, 0.15) is 18.4 Å². The second-order valence-electron chi connectivity index (χ2n) is 4.93. The average Bonchev–Trinajstić information content (AvgIpc) is 2.72. The molecule has 1 aliphatic heterocycles. The number of nitrogens with zero attached hydrogens (tertiary/aromatic N) is 1. The summed E-state index contributed by atoms with van der Waals surface area (Å²) in [6.07, 6.45) is -0.903. The van der Waals surface area contributed by atoms with Crippen molar-refractivity contribution in [2.24, 2.45) is 0 Å². The molecule has 98 valence electrons. The largest absolute Gasteiger partial charge is 0.465 e. The number of nitrogens with one attached hydrogen (secondary N) is 1. The lowest BCUT2D eigenvalue weighted by molar-refractivity contribution is 0.103. The van der Waals surface area contributed by atoms with E-state index in [1.54, 1.807) is 7.05 Å². The minimum atomic E-state index is -0.903. The predicted molar refractivity (Wildman–Crippen MR) is 71.3 cm³/mol. The second kappa shape index (κ2) is 4.78. The lowest BCUT2D eigenvalue weighted by Crippen LogP contribution is -2.51. The van der Waals surface area contributed by atoms with Crippen LogP contribution in [0.4, 0.5) is 4.79 Å². The Morgan fingerprint density at radius 1 is 1.50 bits per heavy atom. The van der Waals surface area contributed by atoms with E-state index in [4.69, 9.17) is 11.6 Å². The molecular weight excluding hydrogens is 252 g/mol. The van der Waals surface area contributed by atoms with Crippen LogP contribution in [0.5, 0.6) is 0 Å². The van der Waals surface area contributed by atoms with Crippen molar-refractivity contribution in [3.63, 3.8) is 0 Å². The maximum absolute atomic E-state index is 11.2. The molecule has 18 heavy (non-hydrogen) atoms. The summed E-state index contributed by atoms with van der Waals surface area (Å²) >= 11 is 5.88. The summed E-state index contributed by atoms with van der Waals surface area (Å²) in [6.45, 7) is 3.40. The molecule has 0 aromatic heterocycles. The fraction of sp³-hybridized carbons (Fsp3) is 0.462. The van der Waals surface area contributed by atoms with Crippen LogP contribution in [0.25, 0.3) is 0 Å². The zero-order chi connectivity index (χ0) is 13.3. The number of carbonyl (C=O) groups is 1. The van der Waals surface area contributed by atoms with Gasteiger partial charge in [-0.2, -0.15) is 0 Å². The number of amides is 1. The number of hydrogen-bond donors (Lipinski definition) is 2. The molecule has 1 aliphatic rings. The molecule has 2 rings (SSSR count). The normalized spacial score (nSPS) is 27.2. The lowest BCUT2D eigenvalue weighted by Gasteiger charge is -2.38. The fourth-order valence-corrected chi connectivity index (χ4v) is 2.68. The molecule has 1 aromatic carbocycles. The summed E-state index contributed by atoms with van der Waals surface area (Å²) in [5.41, 5.74) is 0.680. The van der Waals surface area contributed by atoms with Crippen molar-refractivity contribution in [1.29, 1.82) is 0 Å². The summed E-state index contributed by atoms with van der Waals surface area (Å²) in [4.78, 5) is 12.6. The van der Waals surface area contributed by atoms with Gasteiger partial charge in [0.2, 0.25) is 0 Å². The third-order valence-corrected chi connectivity index (χ3v) is 4.16. The molecular formula is C13H17ClN2O2. The van der Waals surface area contributed by atoms with Crippen LogP contribution in [0.3, 0.4) is 0 Å². The molecule has 2 N–H and O–H groups in total. The Labute approximate surface area is 112 Å². The van der Waals surface area contributed by atoms with Gasteiger partial charge in [0.05, 0.1) is 5.54 Å². The van der Waals surface area contributed by atoms with Gasteiger partial charge in [0, 0.05) is 31.1 Å². The highest BCUT2D eigenvalue weighted by atomic mass is 35.5. The molecule has 2 atom stereocenters. The third kappa shape index (κ3) is 2.18. The third-order valence-electron chi connectivity index (χ3n) is 3.91. The van der Waals surface area contributed by atoms with E-state index in [2.05, 4.69) is 5.32 Å². The molecule has 0 aliphatic carbocycles. The average molecular weight is 269 g/mol. The van der Waals surface area contributed by atoms with Gasteiger partial charge in [-0.1, -0.05) is 23.7 Å². The number of rotatable bonds is 2. The van der Waals surface area contributed by atoms with Crippen LogP contribution in [-0.4, -0.2) is 41.8 Å². The van der Waals surface area contributed by atoms with Gasteiger partial charge in [0.25, 0.3) is 0 Å².